The highest BCUT2D eigenvalue weighted by atomic mass is 15.2. The number of rotatable bonds is 10. The molecule has 0 radical (unpaired) electrons. The average molecular weight is 1210 g/mol. The lowest BCUT2D eigenvalue weighted by Gasteiger charge is -2.44. The standard InChI is InChI=1S/C87H65BN6/c1-54-44-56(3)82(57(4)45-54)64-38-41-76-71(49-64)72-50-65(83-58(5)46-55(2)47-59(83)6)39-42-77(72)94(76)75-43-40-66(87-90-85(60-24-11-7-12-25-60)89-86(91-87)61-26-13-8-14-27-61)51-70(75)63-29-23-28-62(48-63)67-52-80-84-81(53-67)93(69-32-17-10-18-33-69)79-37-22-20-35-74(79)88(84)73-34-19-21-36-78(73)92(80)68-30-15-9-16-31-68/h7-53H,1-6H3. The largest absolute Gasteiger partial charge is 0.311 e. The predicted molar refractivity (Wildman–Crippen MR) is 395 cm³/mol. The Hall–Kier alpha value is -11.7. The van der Waals surface area contributed by atoms with Crippen molar-refractivity contribution >= 4 is 79.0 Å². The molecule has 17 rings (SSSR count). The van der Waals surface area contributed by atoms with Gasteiger partial charge in [-0.2, -0.15) is 0 Å². The van der Waals surface area contributed by atoms with Crippen LogP contribution in [0.3, 0.4) is 0 Å². The number of benzene rings is 13. The third-order valence-corrected chi connectivity index (χ3v) is 19.3. The maximum Gasteiger partial charge on any atom is 0.252 e. The van der Waals surface area contributed by atoms with Crippen molar-refractivity contribution in [1.82, 2.24) is 19.5 Å². The molecule has 13 aromatic carbocycles. The van der Waals surface area contributed by atoms with Crippen LogP contribution in [0.15, 0.2) is 285 Å². The molecule has 446 valence electrons. The number of fused-ring (bicyclic) bond motifs is 7. The van der Waals surface area contributed by atoms with Crippen molar-refractivity contribution in [2.75, 3.05) is 9.80 Å². The quantitative estimate of drug-likeness (QED) is 0.128. The van der Waals surface area contributed by atoms with E-state index in [2.05, 4.69) is 305 Å². The molecule has 0 unspecified atom stereocenters. The Morgan fingerprint density at radius 3 is 1.16 bits per heavy atom. The van der Waals surface area contributed by atoms with E-state index in [1.54, 1.807) is 0 Å². The average Bonchev–Trinajstić information content (AvgIpc) is 0.839. The summed E-state index contributed by atoms with van der Waals surface area (Å²) in [5.74, 6) is 1.82. The van der Waals surface area contributed by atoms with Gasteiger partial charge in [-0.05, 0) is 216 Å². The van der Waals surface area contributed by atoms with Gasteiger partial charge >= 0.3 is 0 Å². The maximum atomic E-state index is 5.34. The number of anilines is 6. The third kappa shape index (κ3) is 9.45. The second kappa shape index (κ2) is 22.6. The van der Waals surface area contributed by atoms with E-state index in [1.165, 1.54) is 94.2 Å². The molecule has 0 bridgehead atoms. The number of hydrogen-bond acceptors (Lipinski definition) is 5. The van der Waals surface area contributed by atoms with Gasteiger partial charge in [0, 0.05) is 67.2 Å². The van der Waals surface area contributed by atoms with E-state index in [1.807, 2.05) is 36.4 Å². The van der Waals surface area contributed by atoms with Crippen LogP contribution in [-0.2, 0) is 0 Å². The minimum Gasteiger partial charge on any atom is -0.311 e. The second-order valence-electron chi connectivity index (χ2n) is 25.5. The van der Waals surface area contributed by atoms with Gasteiger partial charge in [0.25, 0.3) is 6.71 Å². The molecule has 6 nitrogen and oxygen atoms in total. The molecule has 0 aliphatic carbocycles. The van der Waals surface area contributed by atoms with Gasteiger partial charge in [0.2, 0.25) is 0 Å². The Bertz CT molecular complexity index is 5190. The summed E-state index contributed by atoms with van der Waals surface area (Å²) in [7, 11) is 0. The van der Waals surface area contributed by atoms with Gasteiger partial charge < -0.3 is 14.4 Å². The Morgan fingerprint density at radius 2 is 0.681 bits per heavy atom. The molecule has 0 fully saturated rings. The Kier molecular flexibility index (Phi) is 13.6. The molecule has 2 aliphatic rings. The topological polar surface area (TPSA) is 50.1 Å². The lowest BCUT2D eigenvalue weighted by atomic mass is 9.33. The van der Waals surface area contributed by atoms with Crippen LogP contribution in [0, 0.1) is 41.5 Å². The fourth-order valence-electron chi connectivity index (χ4n) is 15.5. The molecular formula is C87H65BN6. The minimum absolute atomic E-state index is 0.00326. The molecular weight excluding hydrogens is 1140 g/mol. The molecule has 15 aromatic rings. The zero-order valence-corrected chi connectivity index (χ0v) is 53.4. The van der Waals surface area contributed by atoms with E-state index in [0.717, 1.165) is 78.4 Å². The first-order chi connectivity index (χ1) is 46.1. The summed E-state index contributed by atoms with van der Waals surface area (Å²) in [5.41, 5.74) is 33.5. The molecule has 2 aromatic heterocycles. The van der Waals surface area contributed by atoms with Gasteiger partial charge in [-0.15, -0.1) is 0 Å². The second-order valence-corrected chi connectivity index (χ2v) is 25.5. The Balaban J connectivity index is 0.929. The zero-order chi connectivity index (χ0) is 63.3. The van der Waals surface area contributed by atoms with E-state index in [9.17, 15) is 0 Å². The van der Waals surface area contributed by atoms with Crippen molar-refractivity contribution in [1.29, 1.82) is 0 Å². The van der Waals surface area contributed by atoms with E-state index in [-0.39, 0.29) is 6.71 Å². The molecule has 7 heteroatoms. The summed E-state index contributed by atoms with van der Waals surface area (Å²) in [6, 6.07) is 105. The van der Waals surface area contributed by atoms with Gasteiger partial charge in [-0.25, -0.2) is 15.0 Å². The Labute approximate surface area is 549 Å². The van der Waals surface area contributed by atoms with E-state index >= 15 is 0 Å². The molecule has 0 saturated heterocycles. The highest BCUT2D eigenvalue weighted by Crippen LogP contribution is 2.48. The fraction of sp³-hybridized carbons (Fsp3) is 0.0690. The number of nitrogens with zero attached hydrogens (tertiary/aromatic N) is 6. The smallest absolute Gasteiger partial charge is 0.252 e. The fourth-order valence-corrected chi connectivity index (χ4v) is 15.5. The summed E-state index contributed by atoms with van der Waals surface area (Å²) in [4.78, 5) is 20.8. The minimum atomic E-state index is -0.00326. The van der Waals surface area contributed by atoms with Gasteiger partial charge in [0.1, 0.15) is 0 Å². The van der Waals surface area contributed by atoms with Gasteiger partial charge in [-0.3, -0.25) is 0 Å². The SMILES string of the molecule is Cc1cc(C)c(-c2ccc3c(c2)c2cc(-c4c(C)cc(C)cc4C)ccc2n3-c2ccc(-c3nc(-c4ccccc4)nc(-c4ccccc4)n3)cc2-c2cccc(-c3cc4c5c(c3)N(c3ccccc3)c3ccccc3B5c3ccccc3N4c3ccccc3)c2)c(C)c1. The van der Waals surface area contributed by atoms with Crippen molar-refractivity contribution in [2.45, 2.75) is 41.5 Å². The summed E-state index contributed by atoms with van der Waals surface area (Å²) in [5, 5.41) is 2.38. The van der Waals surface area contributed by atoms with E-state index < -0.39 is 0 Å². The lowest BCUT2D eigenvalue weighted by Crippen LogP contribution is -2.61. The number of hydrogen-bond donors (Lipinski definition) is 0. The third-order valence-electron chi connectivity index (χ3n) is 19.3. The molecule has 94 heavy (non-hydrogen) atoms. The van der Waals surface area contributed by atoms with Crippen LogP contribution in [0.4, 0.5) is 34.1 Å². The summed E-state index contributed by atoms with van der Waals surface area (Å²) >= 11 is 0. The maximum absolute atomic E-state index is 5.34. The monoisotopic (exact) mass is 1200 g/mol. The first-order valence-corrected chi connectivity index (χ1v) is 32.5. The normalized spacial score (nSPS) is 12.3. The van der Waals surface area contributed by atoms with Gasteiger partial charge in [0.05, 0.1) is 16.7 Å². The van der Waals surface area contributed by atoms with Crippen molar-refractivity contribution in [3.63, 3.8) is 0 Å². The van der Waals surface area contributed by atoms with Crippen LogP contribution >= 0.6 is 0 Å². The molecule has 0 spiro atoms. The lowest BCUT2D eigenvalue weighted by molar-refractivity contribution is 1.07. The summed E-state index contributed by atoms with van der Waals surface area (Å²) in [6.07, 6.45) is 0. The Morgan fingerprint density at radius 1 is 0.277 bits per heavy atom. The molecule has 0 N–H and O–H groups in total. The van der Waals surface area contributed by atoms with Crippen LogP contribution in [0.2, 0.25) is 0 Å². The summed E-state index contributed by atoms with van der Waals surface area (Å²) < 4.78 is 2.50. The molecule has 0 saturated carbocycles. The van der Waals surface area contributed by atoms with Crippen molar-refractivity contribution in [2.24, 2.45) is 0 Å². The molecule has 2 aliphatic heterocycles. The number of aromatic nitrogens is 4. The van der Waals surface area contributed by atoms with Gasteiger partial charge in [0.15, 0.2) is 17.5 Å². The predicted octanol–water partition coefficient (Wildman–Crippen LogP) is 20.6. The summed E-state index contributed by atoms with van der Waals surface area (Å²) in [6.45, 7) is 13.4. The first kappa shape index (κ1) is 56.3. The first-order valence-electron chi connectivity index (χ1n) is 32.5. The van der Waals surface area contributed by atoms with Crippen LogP contribution in [0.5, 0.6) is 0 Å². The molecule has 4 heterocycles. The highest BCUT2D eigenvalue weighted by Gasteiger charge is 2.43. The van der Waals surface area contributed by atoms with Crippen LogP contribution in [0.1, 0.15) is 33.4 Å². The van der Waals surface area contributed by atoms with E-state index in [0.29, 0.717) is 17.5 Å². The van der Waals surface area contributed by atoms with Crippen molar-refractivity contribution < 1.29 is 0 Å². The molecule has 0 atom stereocenters. The number of para-hydroxylation sites is 4. The van der Waals surface area contributed by atoms with Crippen molar-refractivity contribution in [3.8, 4) is 84.4 Å². The van der Waals surface area contributed by atoms with E-state index in [4.69, 9.17) is 15.0 Å². The van der Waals surface area contributed by atoms with Gasteiger partial charge in [-0.1, -0.05) is 199 Å². The van der Waals surface area contributed by atoms with Crippen molar-refractivity contribution in [3.05, 3.63) is 318 Å². The zero-order valence-electron chi connectivity index (χ0n) is 53.4. The molecule has 0 amide bonds. The van der Waals surface area contributed by atoms with Crippen LogP contribution in [0.25, 0.3) is 106 Å². The highest BCUT2D eigenvalue weighted by molar-refractivity contribution is 7.00. The van der Waals surface area contributed by atoms with Crippen LogP contribution < -0.4 is 26.2 Å². The number of aryl methyl sites for hydroxylation is 6. The van der Waals surface area contributed by atoms with Crippen LogP contribution in [-0.4, -0.2) is 26.2 Å².